The molecule has 4 aliphatic rings. The van der Waals surface area contributed by atoms with E-state index in [-0.39, 0.29) is 29.9 Å². The molecule has 1 N–H and O–H groups in total. The van der Waals surface area contributed by atoms with Crippen LogP contribution in [0.25, 0.3) is 0 Å². The first-order valence-electron chi connectivity index (χ1n) is 10.8. The lowest BCUT2D eigenvalue weighted by Gasteiger charge is -2.34. The first-order chi connectivity index (χ1) is 12.9. The number of hydrogen-bond donors (Lipinski definition) is 1. The molecule has 28 heavy (non-hydrogen) atoms. The van der Waals surface area contributed by atoms with Gasteiger partial charge in [0.05, 0.1) is 18.1 Å². The van der Waals surface area contributed by atoms with E-state index in [0.717, 1.165) is 45.1 Å². The van der Waals surface area contributed by atoms with E-state index >= 15 is 0 Å². The number of nitrogens with one attached hydrogen (secondary N) is 1. The Kier molecular flexibility index (Phi) is 7.56. The number of hydrogen-bond acceptors (Lipinski definition) is 4. The molecule has 4 fully saturated rings. The molecule has 6 nitrogen and oxygen atoms in total. The van der Waals surface area contributed by atoms with Crippen LogP contribution in [0.5, 0.6) is 0 Å². The molecule has 162 valence electrons. The van der Waals surface area contributed by atoms with E-state index in [9.17, 15) is 8.42 Å². The summed E-state index contributed by atoms with van der Waals surface area (Å²) in [7, 11) is -2.84. The van der Waals surface area contributed by atoms with Crippen molar-refractivity contribution in [1.29, 1.82) is 0 Å². The zero-order valence-corrected chi connectivity index (χ0v) is 20.2. The SMILES string of the molecule is CC1CCCCC1NC(=NCC1CCS(=O)(=O)C1)N1CCC2(CCOC2)C1.I. The van der Waals surface area contributed by atoms with Crippen molar-refractivity contribution in [3.05, 3.63) is 0 Å². The van der Waals surface area contributed by atoms with Crippen molar-refractivity contribution in [3.8, 4) is 0 Å². The van der Waals surface area contributed by atoms with Gasteiger partial charge in [-0.05, 0) is 43.9 Å². The second-order valence-corrected chi connectivity index (χ2v) is 11.6. The van der Waals surface area contributed by atoms with Crippen LogP contribution in [0.2, 0.25) is 0 Å². The van der Waals surface area contributed by atoms with E-state index in [4.69, 9.17) is 9.73 Å². The fourth-order valence-electron chi connectivity index (χ4n) is 5.25. The Bertz CT molecular complexity index is 664. The summed E-state index contributed by atoms with van der Waals surface area (Å²) in [6.07, 6.45) is 8.19. The molecule has 0 aromatic rings. The highest BCUT2D eigenvalue weighted by atomic mass is 127. The lowest BCUT2D eigenvalue weighted by Crippen LogP contribution is -2.49. The summed E-state index contributed by atoms with van der Waals surface area (Å²) in [5.74, 6) is 2.51. The Balaban J connectivity index is 0.00000225. The molecule has 8 heteroatoms. The second-order valence-electron chi connectivity index (χ2n) is 9.42. The molecule has 3 aliphatic heterocycles. The summed E-state index contributed by atoms with van der Waals surface area (Å²) < 4.78 is 29.3. The standard InChI is InChI=1S/C20H35N3O3S.HI/c1-16-4-2-3-5-18(16)22-19(21-12-17-6-11-27(24,25)13-17)23-9-7-20(14-23)8-10-26-15-20;/h16-18H,2-15H2,1H3,(H,21,22);1H. The van der Waals surface area contributed by atoms with Crippen molar-refractivity contribution in [3.63, 3.8) is 0 Å². The average molecular weight is 525 g/mol. The Morgan fingerprint density at radius 1 is 1.25 bits per heavy atom. The Morgan fingerprint density at radius 2 is 2.07 bits per heavy atom. The molecule has 4 rings (SSSR count). The summed E-state index contributed by atoms with van der Waals surface area (Å²) in [5.41, 5.74) is 0.303. The maximum Gasteiger partial charge on any atom is 0.194 e. The minimum atomic E-state index is -2.84. The lowest BCUT2D eigenvalue weighted by atomic mass is 9.86. The van der Waals surface area contributed by atoms with E-state index in [1.807, 2.05) is 0 Å². The number of guanidine groups is 1. The van der Waals surface area contributed by atoms with Gasteiger partial charge in [-0.2, -0.15) is 0 Å². The third-order valence-electron chi connectivity index (χ3n) is 7.17. The van der Waals surface area contributed by atoms with Crippen LogP contribution >= 0.6 is 24.0 Å². The number of nitrogens with zero attached hydrogens (tertiary/aromatic N) is 2. The molecule has 1 aliphatic carbocycles. The summed E-state index contributed by atoms with van der Waals surface area (Å²) >= 11 is 0. The third kappa shape index (κ3) is 5.33. The highest BCUT2D eigenvalue weighted by Gasteiger charge is 2.42. The normalized spacial score (nSPS) is 38.0. The van der Waals surface area contributed by atoms with Gasteiger partial charge in [0.15, 0.2) is 15.8 Å². The van der Waals surface area contributed by atoms with Crippen LogP contribution in [-0.4, -0.2) is 69.7 Å². The summed E-state index contributed by atoms with van der Waals surface area (Å²) in [6, 6.07) is 0.487. The topological polar surface area (TPSA) is 71.0 Å². The van der Waals surface area contributed by atoms with Crippen molar-refractivity contribution >= 4 is 39.8 Å². The first-order valence-corrected chi connectivity index (χ1v) is 12.6. The highest BCUT2D eigenvalue weighted by molar-refractivity contribution is 14.0. The van der Waals surface area contributed by atoms with E-state index < -0.39 is 9.84 Å². The Labute approximate surface area is 187 Å². The van der Waals surface area contributed by atoms with Crippen molar-refractivity contribution in [2.75, 3.05) is 44.4 Å². The highest BCUT2D eigenvalue weighted by Crippen LogP contribution is 2.38. The molecule has 1 saturated carbocycles. The molecule has 4 atom stereocenters. The number of ether oxygens (including phenoxy) is 1. The zero-order valence-electron chi connectivity index (χ0n) is 17.1. The predicted octanol–water partition coefficient (Wildman–Crippen LogP) is 2.68. The molecule has 3 saturated heterocycles. The van der Waals surface area contributed by atoms with Crippen LogP contribution in [0.4, 0.5) is 0 Å². The van der Waals surface area contributed by atoms with Crippen molar-refractivity contribution in [2.45, 2.75) is 57.9 Å². The van der Waals surface area contributed by atoms with Crippen molar-refractivity contribution < 1.29 is 13.2 Å². The van der Waals surface area contributed by atoms with E-state index in [1.165, 1.54) is 32.1 Å². The molecule has 4 unspecified atom stereocenters. The second kappa shape index (κ2) is 9.37. The molecular formula is C20H36IN3O3S. The van der Waals surface area contributed by atoms with Crippen LogP contribution in [-0.2, 0) is 14.6 Å². The minimum Gasteiger partial charge on any atom is -0.381 e. The summed E-state index contributed by atoms with van der Waals surface area (Å²) in [4.78, 5) is 7.38. The van der Waals surface area contributed by atoms with Gasteiger partial charge in [-0.3, -0.25) is 4.99 Å². The van der Waals surface area contributed by atoms with E-state index in [0.29, 0.717) is 35.4 Å². The lowest BCUT2D eigenvalue weighted by molar-refractivity contribution is 0.156. The number of rotatable bonds is 3. The van der Waals surface area contributed by atoms with Gasteiger partial charge in [-0.15, -0.1) is 24.0 Å². The predicted molar refractivity (Wildman–Crippen MR) is 123 cm³/mol. The van der Waals surface area contributed by atoms with E-state index in [2.05, 4.69) is 17.1 Å². The number of sulfone groups is 1. The van der Waals surface area contributed by atoms with Gasteiger partial charge in [0, 0.05) is 37.7 Å². The minimum absolute atomic E-state index is 0. The number of halogens is 1. The Morgan fingerprint density at radius 3 is 2.75 bits per heavy atom. The molecule has 1 spiro atoms. The fraction of sp³-hybridized carbons (Fsp3) is 0.950. The molecule has 0 amide bonds. The molecule has 3 heterocycles. The fourth-order valence-corrected chi connectivity index (χ4v) is 7.10. The molecule has 0 radical (unpaired) electrons. The van der Waals surface area contributed by atoms with Crippen LogP contribution in [0.3, 0.4) is 0 Å². The van der Waals surface area contributed by atoms with Crippen LogP contribution in [0.1, 0.15) is 51.9 Å². The maximum atomic E-state index is 11.8. The van der Waals surface area contributed by atoms with E-state index in [1.54, 1.807) is 0 Å². The van der Waals surface area contributed by atoms with Gasteiger partial charge in [-0.1, -0.05) is 19.8 Å². The molecule has 0 bridgehead atoms. The van der Waals surface area contributed by atoms with Crippen LogP contribution in [0.15, 0.2) is 4.99 Å². The van der Waals surface area contributed by atoms with Gasteiger partial charge >= 0.3 is 0 Å². The van der Waals surface area contributed by atoms with Crippen molar-refractivity contribution in [2.24, 2.45) is 22.2 Å². The largest absolute Gasteiger partial charge is 0.381 e. The van der Waals surface area contributed by atoms with Gasteiger partial charge in [0.1, 0.15) is 0 Å². The first kappa shape index (κ1) is 22.6. The monoisotopic (exact) mass is 525 g/mol. The molecular weight excluding hydrogens is 489 g/mol. The number of likely N-dealkylation sites (tertiary alicyclic amines) is 1. The smallest absolute Gasteiger partial charge is 0.194 e. The zero-order chi connectivity index (χ0) is 18.9. The van der Waals surface area contributed by atoms with Crippen LogP contribution in [0, 0.1) is 17.3 Å². The maximum absolute atomic E-state index is 11.8. The van der Waals surface area contributed by atoms with Crippen molar-refractivity contribution in [1.82, 2.24) is 10.2 Å². The summed E-state index contributed by atoms with van der Waals surface area (Å²) in [5, 5.41) is 3.78. The van der Waals surface area contributed by atoms with Gasteiger partial charge < -0.3 is 15.0 Å². The average Bonchev–Trinajstić information content (AvgIpc) is 3.35. The van der Waals surface area contributed by atoms with Gasteiger partial charge in [0.25, 0.3) is 0 Å². The molecule has 0 aromatic heterocycles. The molecule has 0 aromatic carbocycles. The summed E-state index contributed by atoms with van der Waals surface area (Å²) in [6.45, 7) is 6.77. The quantitative estimate of drug-likeness (QED) is 0.349. The Hall–Kier alpha value is -0.0900. The van der Waals surface area contributed by atoms with Crippen LogP contribution < -0.4 is 5.32 Å². The number of aliphatic imine (C=N–C) groups is 1. The van der Waals surface area contributed by atoms with Gasteiger partial charge in [-0.25, -0.2) is 8.42 Å². The third-order valence-corrected chi connectivity index (χ3v) is 9.01. The van der Waals surface area contributed by atoms with Gasteiger partial charge in [0.2, 0.25) is 0 Å².